The molecule has 0 bridgehead atoms. The molecule has 70 valence electrons. The SMILES string of the molecule is COc1cc(I)c(N)cc1[N+](=O)[O-]. The van der Waals surface area contributed by atoms with E-state index in [0.29, 0.717) is 5.69 Å². The Balaban J connectivity index is 3.33. The molecule has 0 atom stereocenters. The molecule has 0 aromatic heterocycles. The molecule has 0 spiro atoms. The summed E-state index contributed by atoms with van der Waals surface area (Å²) in [5.41, 5.74) is 5.79. The normalized spacial score (nSPS) is 9.69. The fourth-order valence-corrected chi connectivity index (χ4v) is 1.30. The largest absolute Gasteiger partial charge is 0.490 e. The Morgan fingerprint density at radius 3 is 2.69 bits per heavy atom. The van der Waals surface area contributed by atoms with Gasteiger partial charge < -0.3 is 10.5 Å². The molecule has 0 radical (unpaired) electrons. The third kappa shape index (κ3) is 2.00. The molecule has 13 heavy (non-hydrogen) atoms. The van der Waals surface area contributed by atoms with Crippen LogP contribution in [0.4, 0.5) is 11.4 Å². The number of nitrogens with two attached hydrogens (primary N) is 1. The maximum absolute atomic E-state index is 10.5. The molecule has 1 aromatic rings. The van der Waals surface area contributed by atoms with Crippen LogP contribution in [0.5, 0.6) is 5.75 Å². The van der Waals surface area contributed by atoms with Gasteiger partial charge in [-0.3, -0.25) is 10.1 Å². The second-order valence-corrected chi connectivity index (χ2v) is 3.46. The van der Waals surface area contributed by atoms with Crippen LogP contribution in [0.2, 0.25) is 0 Å². The molecule has 6 heteroatoms. The summed E-state index contributed by atoms with van der Waals surface area (Å²) >= 11 is 1.99. The first-order valence-corrected chi connectivity index (χ1v) is 4.41. The number of hydrogen-bond acceptors (Lipinski definition) is 4. The second kappa shape index (κ2) is 3.77. The van der Waals surface area contributed by atoms with Crippen molar-refractivity contribution in [3.05, 3.63) is 25.8 Å². The zero-order chi connectivity index (χ0) is 10.0. The molecule has 1 aromatic carbocycles. The number of methoxy groups -OCH3 is 1. The maximum Gasteiger partial charge on any atom is 0.313 e. The van der Waals surface area contributed by atoms with E-state index in [0.717, 1.165) is 3.57 Å². The highest BCUT2D eigenvalue weighted by Crippen LogP contribution is 2.32. The van der Waals surface area contributed by atoms with Crippen LogP contribution in [0.15, 0.2) is 12.1 Å². The molecule has 0 saturated heterocycles. The Kier molecular flexibility index (Phi) is 2.91. The molecule has 5 nitrogen and oxygen atoms in total. The average Bonchev–Trinajstić information content (AvgIpc) is 2.08. The first kappa shape index (κ1) is 10.0. The van der Waals surface area contributed by atoms with Crippen molar-refractivity contribution in [2.45, 2.75) is 0 Å². The van der Waals surface area contributed by atoms with Crippen LogP contribution in [0.25, 0.3) is 0 Å². The van der Waals surface area contributed by atoms with Gasteiger partial charge in [-0.25, -0.2) is 0 Å². The number of ether oxygens (including phenoxy) is 1. The molecular weight excluding hydrogens is 287 g/mol. The number of hydrogen-bond donors (Lipinski definition) is 1. The minimum atomic E-state index is -0.523. The predicted octanol–water partition coefficient (Wildman–Crippen LogP) is 1.79. The molecule has 0 fully saturated rings. The molecule has 0 saturated carbocycles. The Morgan fingerprint density at radius 2 is 2.23 bits per heavy atom. The molecule has 0 amide bonds. The van der Waals surface area contributed by atoms with E-state index in [1.807, 2.05) is 22.6 Å². The zero-order valence-electron chi connectivity index (χ0n) is 6.78. The third-order valence-electron chi connectivity index (χ3n) is 1.49. The van der Waals surface area contributed by atoms with E-state index >= 15 is 0 Å². The van der Waals surface area contributed by atoms with Gasteiger partial charge in [0, 0.05) is 15.7 Å². The number of nitrogen functional groups attached to an aromatic ring is 1. The molecule has 0 aliphatic carbocycles. The van der Waals surface area contributed by atoms with Gasteiger partial charge in [-0.05, 0) is 22.6 Å². The molecular formula is C7H7IN2O3. The lowest BCUT2D eigenvalue weighted by Gasteiger charge is -2.03. The smallest absolute Gasteiger partial charge is 0.313 e. The van der Waals surface area contributed by atoms with E-state index in [1.165, 1.54) is 19.2 Å². The van der Waals surface area contributed by atoms with Crippen molar-refractivity contribution in [1.82, 2.24) is 0 Å². The van der Waals surface area contributed by atoms with Gasteiger partial charge in [0.25, 0.3) is 0 Å². The number of halogens is 1. The highest BCUT2D eigenvalue weighted by atomic mass is 127. The average molecular weight is 294 g/mol. The topological polar surface area (TPSA) is 78.4 Å². The molecule has 2 N–H and O–H groups in total. The van der Waals surface area contributed by atoms with E-state index in [4.69, 9.17) is 10.5 Å². The number of nitro groups is 1. The Morgan fingerprint density at radius 1 is 1.62 bits per heavy atom. The lowest BCUT2D eigenvalue weighted by Crippen LogP contribution is -1.97. The molecule has 0 aliphatic rings. The summed E-state index contributed by atoms with van der Waals surface area (Å²) in [6.45, 7) is 0. The summed E-state index contributed by atoms with van der Waals surface area (Å²) in [6, 6.07) is 2.83. The first-order valence-electron chi connectivity index (χ1n) is 3.33. The van der Waals surface area contributed by atoms with Crippen molar-refractivity contribution < 1.29 is 9.66 Å². The Labute approximate surface area is 88.2 Å². The van der Waals surface area contributed by atoms with Crippen molar-refractivity contribution in [1.29, 1.82) is 0 Å². The van der Waals surface area contributed by atoms with Gasteiger partial charge in [0.1, 0.15) is 0 Å². The van der Waals surface area contributed by atoms with E-state index in [9.17, 15) is 10.1 Å². The summed E-state index contributed by atoms with van der Waals surface area (Å²) < 4.78 is 5.58. The van der Waals surface area contributed by atoms with Gasteiger partial charge in [-0.1, -0.05) is 0 Å². The number of rotatable bonds is 2. The minimum Gasteiger partial charge on any atom is -0.490 e. The first-order chi connectivity index (χ1) is 6.06. The van der Waals surface area contributed by atoms with Crippen LogP contribution in [0, 0.1) is 13.7 Å². The predicted molar refractivity (Wildman–Crippen MR) is 56.8 cm³/mol. The van der Waals surface area contributed by atoms with Crippen LogP contribution < -0.4 is 10.5 Å². The Bertz CT molecular complexity index is 354. The van der Waals surface area contributed by atoms with Gasteiger partial charge in [-0.2, -0.15) is 0 Å². The fraction of sp³-hybridized carbons (Fsp3) is 0.143. The highest BCUT2D eigenvalue weighted by molar-refractivity contribution is 14.1. The molecule has 0 aliphatic heterocycles. The van der Waals surface area contributed by atoms with Crippen molar-refractivity contribution in [3.8, 4) is 5.75 Å². The van der Waals surface area contributed by atoms with Gasteiger partial charge in [-0.15, -0.1) is 0 Å². The summed E-state index contributed by atoms with van der Waals surface area (Å²) in [4.78, 5) is 9.99. The van der Waals surface area contributed by atoms with Gasteiger partial charge in [0.05, 0.1) is 17.7 Å². The Hall–Kier alpha value is -1.05. The number of anilines is 1. The minimum absolute atomic E-state index is 0.111. The van der Waals surface area contributed by atoms with Crippen LogP contribution >= 0.6 is 22.6 Å². The summed E-state index contributed by atoms with van der Waals surface area (Å²) in [7, 11) is 1.38. The molecule has 0 unspecified atom stereocenters. The van der Waals surface area contributed by atoms with Crippen molar-refractivity contribution >= 4 is 34.0 Å². The van der Waals surface area contributed by atoms with Crippen LogP contribution in [0.3, 0.4) is 0 Å². The van der Waals surface area contributed by atoms with Crippen molar-refractivity contribution in [3.63, 3.8) is 0 Å². The lowest BCUT2D eigenvalue weighted by atomic mass is 10.2. The van der Waals surface area contributed by atoms with Gasteiger partial charge >= 0.3 is 5.69 Å². The van der Waals surface area contributed by atoms with Gasteiger partial charge in [0.15, 0.2) is 5.75 Å². The van der Waals surface area contributed by atoms with E-state index in [1.54, 1.807) is 0 Å². The zero-order valence-corrected chi connectivity index (χ0v) is 8.94. The van der Waals surface area contributed by atoms with Crippen LogP contribution in [-0.2, 0) is 0 Å². The van der Waals surface area contributed by atoms with Crippen LogP contribution in [0.1, 0.15) is 0 Å². The lowest BCUT2D eigenvalue weighted by molar-refractivity contribution is -0.385. The molecule has 0 heterocycles. The standard InChI is InChI=1S/C7H7IN2O3/c1-13-7-2-4(8)5(9)3-6(7)10(11)12/h2-3H,9H2,1H3. The van der Waals surface area contributed by atoms with Crippen molar-refractivity contribution in [2.75, 3.05) is 12.8 Å². The number of nitrogens with zero attached hydrogens (tertiary/aromatic N) is 1. The number of nitro benzene ring substituents is 1. The third-order valence-corrected chi connectivity index (χ3v) is 2.43. The monoisotopic (exact) mass is 294 g/mol. The van der Waals surface area contributed by atoms with Gasteiger partial charge in [0.2, 0.25) is 0 Å². The highest BCUT2D eigenvalue weighted by Gasteiger charge is 2.16. The summed E-state index contributed by atoms with van der Waals surface area (Å²) in [5, 5.41) is 10.5. The fourth-order valence-electron chi connectivity index (χ4n) is 0.866. The quantitative estimate of drug-likeness (QED) is 0.390. The van der Waals surface area contributed by atoms with E-state index in [-0.39, 0.29) is 11.4 Å². The maximum atomic E-state index is 10.5. The summed E-state index contributed by atoms with van der Waals surface area (Å²) in [5.74, 6) is 0.226. The second-order valence-electron chi connectivity index (χ2n) is 2.30. The van der Waals surface area contributed by atoms with E-state index < -0.39 is 4.92 Å². The van der Waals surface area contributed by atoms with Crippen LogP contribution in [-0.4, -0.2) is 12.0 Å². The van der Waals surface area contributed by atoms with E-state index in [2.05, 4.69) is 0 Å². The van der Waals surface area contributed by atoms with Crippen molar-refractivity contribution in [2.24, 2.45) is 0 Å². The molecule has 1 rings (SSSR count). The summed E-state index contributed by atoms with van der Waals surface area (Å²) in [6.07, 6.45) is 0. The number of benzene rings is 1.